The van der Waals surface area contributed by atoms with Gasteiger partial charge in [-0.1, -0.05) is 24.3 Å². The van der Waals surface area contributed by atoms with Gasteiger partial charge >= 0.3 is 6.18 Å². The molecule has 0 bridgehead atoms. The second kappa shape index (κ2) is 5.48. The molecule has 0 fully saturated rings. The summed E-state index contributed by atoms with van der Waals surface area (Å²) in [4.78, 5) is 0. The average molecular weight is 298 g/mol. The van der Waals surface area contributed by atoms with Crippen LogP contribution in [0.15, 0.2) is 36.4 Å². The van der Waals surface area contributed by atoms with Crippen LogP contribution in [0.4, 0.5) is 17.6 Å². The molecule has 5 heteroatoms. The molecule has 2 aromatic rings. The van der Waals surface area contributed by atoms with Gasteiger partial charge < -0.3 is 5.11 Å². The number of halogens is 4. The average Bonchev–Trinajstić information content (AvgIpc) is 2.39. The van der Waals surface area contributed by atoms with Crippen molar-refractivity contribution in [2.75, 3.05) is 0 Å². The van der Waals surface area contributed by atoms with Crippen molar-refractivity contribution >= 4 is 0 Å². The monoisotopic (exact) mass is 298 g/mol. The first-order valence-electron chi connectivity index (χ1n) is 6.32. The molecule has 2 rings (SSSR count). The zero-order valence-electron chi connectivity index (χ0n) is 11.5. The lowest BCUT2D eigenvalue weighted by atomic mass is 9.94. The third-order valence-electron chi connectivity index (χ3n) is 3.56. The molecule has 1 unspecified atom stereocenters. The molecule has 1 N–H and O–H groups in total. The van der Waals surface area contributed by atoms with Crippen LogP contribution in [0.2, 0.25) is 0 Å². The van der Waals surface area contributed by atoms with E-state index in [0.717, 1.165) is 23.3 Å². The van der Waals surface area contributed by atoms with Gasteiger partial charge in [-0.15, -0.1) is 0 Å². The van der Waals surface area contributed by atoms with Gasteiger partial charge in [0.1, 0.15) is 11.9 Å². The molecule has 1 nitrogen and oxygen atoms in total. The molecule has 0 heterocycles. The summed E-state index contributed by atoms with van der Waals surface area (Å²) in [5, 5.41) is 10.3. The van der Waals surface area contributed by atoms with E-state index in [1.807, 2.05) is 13.0 Å². The van der Waals surface area contributed by atoms with Gasteiger partial charge in [-0.25, -0.2) is 4.39 Å². The Balaban J connectivity index is 2.43. The fraction of sp³-hybridized carbons (Fsp3) is 0.250. The molecule has 0 saturated heterocycles. The lowest BCUT2D eigenvalue weighted by Crippen LogP contribution is -2.10. The van der Waals surface area contributed by atoms with Crippen molar-refractivity contribution in [3.63, 3.8) is 0 Å². The third kappa shape index (κ3) is 3.08. The van der Waals surface area contributed by atoms with Crippen LogP contribution in [-0.2, 0) is 6.18 Å². The van der Waals surface area contributed by atoms with E-state index in [1.54, 1.807) is 19.1 Å². The summed E-state index contributed by atoms with van der Waals surface area (Å²) in [5.74, 6) is -1.38. The van der Waals surface area contributed by atoms with Gasteiger partial charge in [-0.05, 0) is 48.2 Å². The minimum absolute atomic E-state index is 0.0919. The molecular weight excluding hydrogens is 284 g/mol. The van der Waals surface area contributed by atoms with E-state index in [2.05, 4.69) is 0 Å². The summed E-state index contributed by atoms with van der Waals surface area (Å²) < 4.78 is 51.1. The molecule has 0 aromatic heterocycles. The van der Waals surface area contributed by atoms with E-state index in [-0.39, 0.29) is 5.56 Å². The first kappa shape index (κ1) is 15.5. The predicted octanol–water partition coefficient (Wildman–Crippen LogP) is 4.54. The summed E-state index contributed by atoms with van der Waals surface area (Å²) in [6.45, 7) is 3.66. The quantitative estimate of drug-likeness (QED) is 0.807. The molecule has 0 aliphatic carbocycles. The number of aliphatic hydroxyl groups excluding tert-OH is 1. The number of hydrogen-bond donors (Lipinski definition) is 1. The number of alkyl halides is 3. The maximum absolute atomic E-state index is 13.6. The fourth-order valence-corrected chi connectivity index (χ4v) is 2.18. The molecule has 1 atom stereocenters. The topological polar surface area (TPSA) is 20.2 Å². The number of benzene rings is 2. The van der Waals surface area contributed by atoms with E-state index in [1.165, 1.54) is 0 Å². The van der Waals surface area contributed by atoms with Crippen LogP contribution in [0.25, 0.3) is 0 Å². The highest BCUT2D eigenvalue weighted by Crippen LogP contribution is 2.34. The number of aliphatic hydroxyl groups is 1. The van der Waals surface area contributed by atoms with Crippen molar-refractivity contribution in [3.05, 3.63) is 70.0 Å². The Morgan fingerprint density at radius 3 is 2.29 bits per heavy atom. The molecular formula is C16H14F4O. The van der Waals surface area contributed by atoms with Crippen molar-refractivity contribution < 1.29 is 22.7 Å². The maximum atomic E-state index is 13.6. The van der Waals surface area contributed by atoms with Gasteiger partial charge in [-0.2, -0.15) is 13.2 Å². The lowest BCUT2D eigenvalue weighted by molar-refractivity contribution is -0.140. The highest BCUT2D eigenvalue weighted by Gasteiger charge is 2.34. The Labute approximate surface area is 119 Å². The standard InChI is InChI=1S/C16H14F4O/c1-9-4-3-5-12(10(9)2)15(21)11-6-7-13(14(17)8-11)16(18,19)20/h3-8,15,21H,1-2H3. The zero-order valence-corrected chi connectivity index (χ0v) is 11.5. The van der Waals surface area contributed by atoms with Crippen molar-refractivity contribution in [3.8, 4) is 0 Å². The Hall–Kier alpha value is -1.88. The number of hydrogen-bond acceptors (Lipinski definition) is 1. The molecule has 0 saturated carbocycles. The predicted molar refractivity (Wildman–Crippen MR) is 71.4 cm³/mol. The normalized spacial score (nSPS) is 13.3. The van der Waals surface area contributed by atoms with Gasteiger partial charge in [0, 0.05) is 0 Å². The largest absolute Gasteiger partial charge is 0.419 e. The lowest BCUT2D eigenvalue weighted by Gasteiger charge is -2.17. The van der Waals surface area contributed by atoms with Crippen molar-refractivity contribution in [2.24, 2.45) is 0 Å². The molecule has 112 valence electrons. The SMILES string of the molecule is Cc1cccc(C(O)c2ccc(C(F)(F)F)c(F)c2)c1C. The number of rotatable bonds is 2. The molecule has 0 amide bonds. The molecule has 0 radical (unpaired) electrons. The fourth-order valence-electron chi connectivity index (χ4n) is 2.18. The van der Waals surface area contributed by atoms with Gasteiger partial charge in [0.15, 0.2) is 0 Å². The Morgan fingerprint density at radius 1 is 1.05 bits per heavy atom. The molecule has 21 heavy (non-hydrogen) atoms. The molecule has 0 spiro atoms. The summed E-state index contributed by atoms with van der Waals surface area (Å²) in [7, 11) is 0. The minimum atomic E-state index is -4.74. The molecule has 2 aromatic carbocycles. The second-order valence-electron chi connectivity index (χ2n) is 4.93. The maximum Gasteiger partial charge on any atom is 0.419 e. The van der Waals surface area contributed by atoms with Gasteiger partial charge in [0.2, 0.25) is 0 Å². The van der Waals surface area contributed by atoms with E-state index >= 15 is 0 Å². The highest BCUT2D eigenvalue weighted by molar-refractivity contribution is 5.40. The Morgan fingerprint density at radius 2 is 1.71 bits per heavy atom. The highest BCUT2D eigenvalue weighted by atomic mass is 19.4. The van der Waals surface area contributed by atoms with Crippen LogP contribution < -0.4 is 0 Å². The van der Waals surface area contributed by atoms with Crippen LogP contribution in [0.1, 0.15) is 33.9 Å². The van der Waals surface area contributed by atoms with Crippen molar-refractivity contribution in [1.82, 2.24) is 0 Å². The van der Waals surface area contributed by atoms with E-state index in [0.29, 0.717) is 11.6 Å². The Bertz CT molecular complexity index is 662. The minimum Gasteiger partial charge on any atom is -0.384 e. The van der Waals surface area contributed by atoms with Crippen molar-refractivity contribution in [2.45, 2.75) is 26.1 Å². The summed E-state index contributed by atoms with van der Waals surface area (Å²) in [6.07, 6.45) is -5.91. The van der Waals surface area contributed by atoms with Crippen LogP contribution in [-0.4, -0.2) is 5.11 Å². The number of aryl methyl sites for hydroxylation is 1. The van der Waals surface area contributed by atoms with E-state index in [9.17, 15) is 22.7 Å². The molecule has 0 aliphatic heterocycles. The zero-order chi connectivity index (χ0) is 15.8. The first-order valence-corrected chi connectivity index (χ1v) is 6.32. The van der Waals surface area contributed by atoms with Gasteiger partial charge in [0.25, 0.3) is 0 Å². The first-order chi connectivity index (χ1) is 9.71. The summed E-state index contributed by atoms with van der Waals surface area (Å²) in [5.41, 5.74) is 1.08. The third-order valence-corrected chi connectivity index (χ3v) is 3.56. The van der Waals surface area contributed by atoms with Crippen LogP contribution >= 0.6 is 0 Å². The van der Waals surface area contributed by atoms with Crippen molar-refractivity contribution in [1.29, 1.82) is 0 Å². The van der Waals surface area contributed by atoms with Gasteiger partial charge in [-0.3, -0.25) is 0 Å². The van der Waals surface area contributed by atoms with Crippen LogP contribution in [0, 0.1) is 19.7 Å². The second-order valence-corrected chi connectivity index (χ2v) is 4.93. The van der Waals surface area contributed by atoms with Gasteiger partial charge in [0.05, 0.1) is 5.56 Å². The van der Waals surface area contributed by atoms with E-state index < -0.39 is 23.7 Å². The molecule has 0 aliphatic rings. The summed E-state index contributed by atoms with van der Waals surface area (Å²) >= 11 is 0. The smallest absolute Gasteiger partial charge is 0.384 e. The summed E-state index contributed by atoms with van der Waals surface area (Å²) in [6, 6.07) is 7.75. The Kier molecular flexibility index (Phi) is 4.05. The van der Waals surface area contributed by atoms with Crippen LogP contribution in [0.3, 0.4) is 0 Å². The van der Waals surface area contributed by atoms with E-state index in [4.69, 9.17) is 0 Å². The van der Waals surface area contributed by atoms with Crippen LogP contribution in [0.5, 0.6) is 0 Å².